The van der Waals surface area contributed by atoms with Gasteiger partial charge in [-0.3, -0.25) is 0 Å². The highest BCUT2D eigenvalue weighted by atomic mass is 35.5. The lowest BCUT2D eigenvalue weighted by molar-refractivity contribution is 0.282. The molecule has 0 unspecified atom stereocenters. The number of nitrogens with one attached hydrogen (secondary N) is 1. The Bertz CT molecular complexity index is 896. The van der Waals surface area contributed by atoms with Crippen LogP contribution in [-0.4, -0.2) is 21.6 Å². The zero-order chi connectivity index (χ0) is 19.6. The number of aliphatic hydroxyl groups excluding tert-OH is 1. The second-order valence-corrected chi connectivity index (χ2v) is 6.56. The Labute approximate surface area is 169 Å². The lowest BCUT2D eigenvalue weighted by Gasteiger charge is -2.07. The van der Waals surface area contributed by atoms with Crippen molar-refractivity contribution >= 4 is 40.2 Å². The van der Waals surface area contributed by atoms with Crippen molar-refractivity contribution in [2.75, 3.05) is 6.54 Å². The molecule has 3 aromatic rings. The molecule has 142 valence electrons. The van der Waals surface area contributed by atoms with E-state index in [4.69, 9.17) is 28.3 Å². The number of aliphatic hydroxyl groups is 1. The van der Waals surface area contributed by atoms with E-state index in [0.717, 1.165) is 40.7 Å². The molecule has 2 N–H and O–H groups in total. The number of hydrogen-bond donors (Lipinski definition) is 2. The standard InChI is InChI=1S/C13H15ClN2O.C8H8ClN/c1-2-15-7-11-6-10-4-3-9(8-17)5-12(10)16-13(11)14;1-2-3-7-4-5-8(9)10-6-7/h3-6,15,17H,2,7-8H2,1H3;2-6H,1H3. The summed E-state index contributed by atoms with van der Waals surface area (Å²) in [6.45, 7) is 5.66. The molecule has 1 aromatic carbocycles. The van der Waals surface area contributed by atoms with Gasteiger partial charge < -0.3 is 10.4 Å². The van der Waals surface area contributed by atoms with Crippen LogP contribution in [-0.2, 0) is 13.2 Å². The normalized spacial score (nSPS) is 10.9. The molecule has 0 aliphatic rings. The van der Waals surface area contributed by atoms with E-state index >= 15 is 0 Å². The molecule has 0 fully saturated rings. The first-order valence-electron chi connectivity index (χ1n) is 8.71. The molecule has 0 bridgehead atoms. The molecule has 3 rings (SSSR count). The predicted molar refractivity (Wildman–Crippen MR) is 114 cm³/mol. The van der Waals surface area contributed by atoms with Crippen molar-refractivity contribution in [2.24, 2.45) is 0 Å². The number of rotatable bonds is 5. The first-order valence-corrected chi connectivity index (χ1v) is 9.46. The molecule has 4 nitrogen and oxygen atoms in total. The fraction of sp³-hybridized carbons (Fsp3) is 0.238. The summed E-state index contributed by atoms with van der Waals surface area (Å²) in [4.78, 5) is 8.26. The SMILES string of the molecule is CC=Cc1ccc(Cl)nc1.CCNCc1cc2ccc(CO)cc2nc1Cl. The van der Waals surface area contributed by atoms with Gasteiger partial charge in [0, 0.05) is 23.7 Å². The number of allylic oxidation sites excluding steroid dienone is 1. The Kier molecular flexibility index (Phi) is 8.69. The monoisotopic (exact) mass is 403 g/mol. The maximum Gasteiger partial charge on any atom is 0.134 e. The van der Waals surface area contributed by atoms with E-state index in [2.05, 4.69) is 22.2 Å². The molecular weight excluding hydrogens is 381 g/mol. The molecule has 0 aliphatic heterocycles. The lowest BCUT2D eigenvalue weighted by Crippen LogP contribution is -2.12. The van der Waals surface area contributed by atoms with Crippen LogP contribution >= 0.6 is 23.2 Å². The summed E-state index contributed by atoms with van der Waals surface area (Å²) in [5.41, 5.74) is 3.74. The number of aromatic nitrogens is 2. The van der Waals surface area contributed by atoms with Crippen molar-refractivity contribution < 1.29 is 5.11 Å². The molecule has 2 heterocycles. The van der Waals surface area contributed by atoms with Crippen molar-refractivity contribution in [2.45, 2.75) is 27.0 Å². The molecule has 27 heavy (non-hydrogen) atoms. The van der Waals surface area contributed by atoms with Crippen LogP contribution in [0.3, 0.4) is 0 Å². The van der Waals surface area contributed by atoms with Gasteiger partial charge in [-0.25, -0.2) is 9.97 Å². The number of hydrogen-bond acceptors (Lipinski definition) is 4. The van der Waals surface area contributed by atoms with E-state index in [1.165, 1.54) is 0 Å². The van der Waals surface area contributed by atoms with Gasteiger partial charge in [-0.2, -0.15) is 0 Å². The van der Waals surface area contributed by atoms with Gasteiger partial charge in [0.2, 0.25) is 0 Å². The first kappa shape index (κ1) is 21.3. The molecule has 0 saturated carbocycles. The molecule has 0 aliphatic carbocycles. The van der Waals surface area contributed by atoms with Gasteiger partial charge in [-0.15, -0.1) is 0 Å². The van der Waals surface area contributed by atoms with Gasteiger partial charge >= 0.3 is 0 Å². The predicted octanol–water partition coefficient (Wildman–Crippen LogP) is 5.26. The molecule has 0 radical (unpaired) electrons. The van der Waals surface area contributed by atoms with Crippen LogP contribution < -0.4 is 5.32 Å². The molecule has 0 amide bonds. The van der Waals surface area contributed by atoms with E-state index in [-0.39, 0.29) is 6.61 Å². The quantitative estimate of drug-likeness (QED) is 0.570. The number of nitrogens with zero attached hydrogens (tertiary/aromatic N) is 2. The van der Waals surface area contributed by atoms with E-state index in [1.807, 2.05) is 49.4 Å². The highest BCUT2D eigenvalue weighted by molar-refractivity contribution is 6.30. The van der Waals surface area contributed by atoms with Crippen molar-refractivity contribution in [1.29, 1.82) is 0 Å². The van der Waals surface area contributed by atoms with E-state index in [1.54, 1.807) is 12.3 Å². The van der Waals surface area contributed by atoms with Crippen LogP contribution in [0.1, 0.15) is 30.5 Å². The zero-order valence-corrected chi connectivity index (χ0v) is 16.9. The second kappa shape index (κ2) is 11.0. The minimum Gasteiger partial charge on any atom is -0.392 e. The fourth-order valence-corrected chi connectivity index (χ4v) is 2.72. The van der Waals surface area contributed by atoms with Crippen LogP contribution in [0.5, 0.6) is 0 Å². The van der Waals surface area contributed by atoms with E-state index < -0.39 is 0 Å². The third-order valence-corrected chi connectivity index (χ3v) is 4.32. The Hall–Kier alpha value is -1.98. The zero-order valence-electron chi connectivity index (χ0n) is 15.4. The summed E-state index contributed by atoms with van der Waals surface area (Å²) in [7, 11) is 0. The molecule has 6 heteroatoms. The van der Waals surface area contributed by atoms with Crippen LogP contribution in [0.25, 0.3) is 17.0 Å². The molecular formula is C21H23Cl2N3O. The average molecular weight is 404 g/mol. The Balaban J connectivity index is 0.000000223. The Morgan fingerprint density at radius 3 is 2.59 bits per heavy atom. The van der Waals surface area contributed by atoms with Gasteiger partial charge in [0.05, 0.1) is 12.1 Å². The topological polar surface area (TPSA) is 58.0 Å². The summed E-state index contributed by atoms with van der Waals surface area (Å²) in [6.07, 6.45) is 5.68. The van der Waals surface area contributed by atoms with Crippen LogP contribution in [0.2, 0.25) is 10.3 Å². The van der Waals surface area contributed by atoms with Gasteiger partial charge in [0.1, 0.15) is 10.3 Å². The number of fused-ring (bicyclic) bond motifs is 1. The third-order valence-electron chi connectivity index (χ3n) is 3.77. The molecule has 0 atom stereocenters. The highest BCUT2D eigenvalue weighted by Crippen LogP contribution is 2.21. The van der Waals surface area contributed by atoms with E-state index in [0.29, 0.717) is 10.3 Å². The van der Waals surface area contributed by atoms with Crippen LogP contribution in [0, 0.1) is 0 Å². The van der Waals surface area contributed by atoms with E-state index in [9.17, 15) is 0 Å². The maximum atomic E-state index is 9.07. The van der Waals surface area contributed by atoms with Gasteiger partial charge in [0.25, 0.3) is 0 Å². The van der Waals surface area contributed by atoms with Crippen molar-refractivity contribution in [1.82, 2.24) is 15.3 Å². The van der Waals surface area contributed by atoms with Crippen molar-refractivity contribution in [3.8, 4) is 0 Å². The smallest absolute Gasteiger partial charge is 0.134 e. The number of pyridine rings is 2. The minimum atomic E-state index is 0.0222. The lowest BCUT2D eigenvalue weighted by atomic mass is 10.1. The first-order chi connectivity index (χ1) is 13.1. The van der Waals surface area contributed by atoms with Crippen molar-refractivity contribution in [3.05, 3.63) is 75.7 Å². The Morgan fingerprint density at radius 1 is 1.15 bits per heavy atom. The fourth-order valence-electron chi connectivity index (χ4n) is 2.39. The summed E-state index contributed by atoms with van der Waals surface area (Å²) < 4.78 is 0. The van der Waals surface area contributed by atoms with Crippen LogP contribution in [0.4, 0.5) is 0 Å². The Morgan fingerprint density at radius 2 is 1.96 bits per heavy atom. The highest BCUT2D eigenvalue weighted by Gasteiger charge is 2.05. The average Bonchev–Trinajstić information content (AvgIpc) is 2.68. The minimum absolute atomic E-state index is 0.0222. The molecule has 0 spiro atoms. The summed E-state index contributed by atoms with van der Waals surface area (Å²) in [5, 5.41) is 14.4. The summed E-state index contributed by atoms with van der Waals surface area (Å²) in [5.74, 6) is 0. The van der Waals surface area contributed by atoms with Crippen molar-refractivity contribution in [3.63, 3.8) is 0 Å². The number of halogens is 2. The maximum absolute atomic E-state index is 9.07. The molecule has 2 aromatic heterocycles. The van der Waals surface area contributed by atoms with Gasteiger partial charge in [0.15, 0.2) is 0 Å². The largest absolute Gasteiger partial charge is 0.392 e. The number of benzene rings is 1. The second-order valence-electron chi connectivity index (χ2n) is 5.82. The summed E-state index contributed by atoms with van der Waals surface area (Å²) >= 11 is 11.7. The molecule has 0 saturated heterocycles. The summed E-state index contributed by atoms with van der Waals surface area (Å²) in [6, 6.07) is 11.5. The van der Waals surface area contributed by atoms with Gasteiger partial charge in [-0.05, 0) is 42.8 Å². The van der Waals surface area contributed by atoms with Gasteiger partial charge in [-0.1, -0.05) is 60.5 Å². The third kappa shape index (κ3) is 6.60. The van der Waals surface area contributed by atoms with Crippen LogP contribution in [0.15, 0.2) is 48.7 Å².